The number of benzene rings is 3. The van der Waals surface area contributed by atoms with E-state index >= 15 is 0 Å². The lowest BCUT2D eigenvalue weighted by atomic mass is 9.80. The Labute approximate surface area is 202 Å². The van der Waals surface area contributed by atoms with Crippen molar-refractivity contribution < 1.29 is 22.0 Å². The first kappa shape index (κ1) is 25.0. The monoisotopic (exact) mass is 482 g/mol. The summed E-state index contributed by atoms with van der Waals surface area (Å²) in [5.74, 6) is 5.69. The quantitative estimate of drug-likeness (QED) is 0.197. The van der Waals surface area contributed by atoms with Crippen LogP contribution in [-0.2, 0) is 6.18 Å². The molecular formula is C30H27F5. The molecule has 0 unspecified atom stereocenters. The molecular weight excluding hydrogens is 455 g/mol. The number of rotatable bonds is 4. The van der Waals surface area contributed by atoms with Gasteiger partial charge in [-0.25, -0.2) is 8.78 Å². The topological polar surface area (TPSA) is 0 Å². The molecule has 1 fully saturated rings. The molecule has 0 radical (unpaired) electrons. The molecule has 0 saturated heterocycles. The molecule has 3 aromatic rings. The van der Waals surface area contributed by atoms with Gasteiger partial charge in [-0.05, 0) is 86.6 Å². The third-order valence-corrected chi connectivity index (χ3v) is 6.78. The lowest BCUT2D eigenvalue weighted by Gasteiger charge is -2.25. The number of hydrogen-bond donors (Lipinski definition) is 0. The molecule has 0 nitrogen and oxygen atoms in total. The number of halogens is 5. The second-order valence-corrected chi connectivity index (χ2v) is 9.19. The first-order valence-electron chi connectivity index (χ1n) is 12.0. The highest BCUT2D eigenvalue weighted by Gasteiger charge is 2.34. The third-order valence-electron chi connectivity index (χ3n) is 6.78. The molecule has 0 spiro atoms. The Morgan fingerprint density at radius 2 is 1.71 bits per heavy atom. The average Bonchev–Trinajstić information content (AvgIpc) is 2.83. The lowest BCUT2D eigenvalue weighted by Crippen LogP contribution is -2.13. The van der Waals surface area contributed by atoms with E-state index in [4.69, 9.17) is 0 Å². The van der Waals surface area contributed by atoms with Crippen molar-refractivity contribution in [1.29, 1.82) is 0 Å². The zero-order valence-electron chi connectivity index (χ0n) is 19.6. The van der Waals surface area contributed by atoms with Gasteiger partial charge in [0.25, 0.3) is 0 Å². The highest BCUT2D eigenvalue weighted by atomic mass is 19.4. The molecule has 1 aliphatic carbocycles. The fourth-order valence-electron chi connectivity index (χ4n) is 4.78. The predicted octanol–water partition coefficient (Wildman–Crippen LogP) is 9.32. The van der Waals surface area contributed by atoms with Crippen LogP contribution in [0.25, 0.3) is 21.9 Å². The third kappa shape index (κ3) is 5.93. The van der Waals surface area contributed by atoms with Crippen molar-refractivity contribution in [2.45, 2.75) is 51.6 Å². The molecule has 35 heavy (non-hydrogen) atoms. The summed E-state index contributed by atoms with van der Waals surface area (Å²) in [6, 6.07) is 10.8. The van der Waals surface area contributed by atoms with Crippen molar-refractivity contribution in [3.8, 4) is 23.0 Å². The zero-order valence-corrected chi connectivity index (χ0v) is 19.6. The summed E-state index contributed by atoms with van der Waals surface area (Å²) in [6.45, 7) is 2.04. The van der Waals surface area contributed by atoms with Gasteiger partial charge < -0.3 is 0 Å². The Bertz CT molecular complexity index is 1280. The van der Waals surface area contributed by atoms with Crippen LogP contribution in [-0.4, -0.2) is 0 Å². The van der Waals surface area contributed by atoms with Crippen molar-refractivity contribution >= 4 is 10.8 Å². The van der Waals surface area contributed by atoms with E-state index < -0.39 is 23.4 Å². The Hall–Kier alpha value is -3.13. The van der Waals surface area contributed by atoms with E-state index in [1.165, 1.54) is 49.6 Å². The highest BCUT2D eigenvalue weighted by molar-refractivity contribution is 5.88. The maximum absolute atomic E-state index is 14.9. The van der Waals surface area contributed by atoms with Gasteiger partial charge in [0.05, 0.1) is 5.56 Å². The number of fused-ring (bicyclic) bond motifs is 1. The van der Waals surface area contributed by atoms with E-state index in [1.807, 2.05) is 6.92 Å². The minimum absolute atomic E-state index is 0.150. The standard InChI is InChI=1S/C30H27F5/c1-2-3-4-5-20-6-8-21(9-7-20)10-11-22-12-15-25(28(31)18-22)23-13-16-26-24(19-23)14-17-27(29(26)32)30(33,34)35/h2-3,12-21H,4-9H2,1H3/b3-2+. The summed E-state index contributed by atoms with van der Waals surface area (Å²) in [7, 11) is 0. The largest absolute Gasteiger partial charge is 0.419 e. The van der Waals surface area contributed by atoms with Gasteiger partial charge in [0, 0.05) is 22.4 Å². The average molecular weight is 483 g/mol. The van der Waals surface area contributed by atoms with Gasteiger partial charge in [-0.15, -0.1) is 0 Å². The number of alkyl halides is 3. The molecule has 4 rings (SSSR count). The van der Waals surface area contributed by atoms with Crippen LogP contribution in [0.5, 0.6) is 0 Å². The van der Waals surface area contributed by atoms with Crippen LogP contribution in [0, 0.1) is 35.3 Å². The van der Waals surface area contributed by atoms with Crippen molar-refractivity contribution in [1.82, 2.24) is 0 Å². The van der Waals surface area contributed by atoms with E-state index in [0.29, 0.717) is 28.7 Å². The normalized spacial score (nSPS) is 18.6. The van der Waals surface area contributed by atoms with Gasteiger partial charge in [0.1, 0.15) is 11.6 Å². The molecule has 182 valence electrons. The SMILES string of the molecule is C/C=C/CCC1CCC(C#Cc2ccc(-c3ccc4c(F)c(C(F)(F)F)ccc4c3)c(F)c2)CC1. The van der Waals surface area contributed by atoms with E-state index in [2.05, 4.69) is 24.0 Å². The van der Waals surface area contributed by atoms with Gasteiger partial charge in [0.2, 0.25) is 0 Å². The van der Waals surface area contributed by atoms with Crippen LogP contribution in [0.4, 0.5) is 22.0 Å². The van der Waals surface area contributed by atoms with Crippen LogP contribution >= 0.6 is 0 Å². The fraction of sp³-hybridized carbons (Fsp3) is 0.333. The predicted molar refractivity (Wildman–Crippen MR) is 131 cm³/mol. The molecule has 3 aromatic carbocycles. The summed E-state index contributed by atoms with van der Waals surface area (Å²) in [5.41, 5.74) is 0.0291. The summed E-state index contributed by atoms with van der Waals surface area (Å²) in [4.78, 5) is 0. The van der Waals surface area contributed by atoms with Crippen LogP contribution < -0.4 is 0 Å². The summed E-state index contributed by atoms with van der Waals surface area (Å²) in [6.07, 6.45) is 6.37. The van der Waals surface area contributed by atoms with Crippen molar-refractivity contribution in [2.75, 3.05) is 0 Å². The van der Waals surface area contributed by atoms with Crippen molar-refractivity contribution in [3.05, 3.63) is 83.4 Å². The van der Waals surface area contributed by atoms with Crippen LogP contribution in [0.3, 0.4) is 0 Å². The summed E-state index contributed by atoms with van der Waals surface area (Å²) in [5, 5.41) is 0.126. The first-order valence-corrected chi connectivity index (χ1v) is 12.0. The smallest absolute Gasteiger partial charge is 0.206 e. The number of allylic oxidation sites excluding steroid dienone is 2. The van der Waals surface area contributed by atoms with Gasteiger partial charge in [-0.1, -0.05) is 48.3 Å². The zero-order chi connectivity index (χ0) is 25.0. The molecule has 0 aliphatic heterocycles. The number of hydrogen-bond acceptors (Lipinski definition) is 0. The fourth-order valence-corrected chi connectivity index (χ4v) is 4.78. The van der Waals surface area contributed by atoms with Crippen molar-refractivity contribution in [3.63, 3.8) is 0 Å². The summed E-state index contributed by atoms with van der Waals surface area (Å²) < 4.78 is 68.1. The molecule has 0 aromatic heterocycles. The van der Waals surface area contributed by atoms with Crippen LogP contribution in [0.1, 0.15) is 56.6 Å². The summed E-state index contributed by atoms with van der Waals surface area (Å²) >= 11 is 0. The van der Waals surface area contributed by atoms with E-state index in [1.54, 1.807) is 12.1 Å². The molecule has 0 bridgehead atoms. The minimum Gasteiger partial charge on any atom is -0.206 e. The Balaban J connectivity index is 1.47. The van der Waals surface area contributed by atoms with Crippen LogP contribution in [0.2, 0.25) is 0 Å². The van der Waals surface area contributed by atoms with Gasteiger partial charge in [-0.2, -0.15) is 13.2 Å². The first-order chi connectivity index (χ1) is 16.8. The second-order valence-electron chi connectivity index (χ2n) is 9.19. The van der Waals surface area contributed by atoms with Gasteiger partial charge in [0.15, 0.2) is 0 Å². The highest BCUT2D eigenvalue weighted by Crippen LogP contribution is 2.36. The van der Waals surface area contributed by atoms with E-state index in [9.17, 15) is 22.0 Å². The van der Waals surface area contributed by atoms with Crippen molar-refractivity contribution in [2.24, 2.45) is 11.8 Å². The van der Waals surface area contributed by atoms with Gasteiger partial charge in [-0.3, -0.25) is 0 Å². The molecule has 1 aliphatic rings. The second kappa shape index (κ2) is 10.6. The molecule has 5 heteroatoms. The maximum Gasteiger partial charge on any atom is 0.419 e. The lowest BCUT2D eigenvalue weighted by molar-refractivity contribution is -0.139. The Morgan fingerprint density at radius 1 is 0.943 bits per heavy atom. The molecule has 0 atom stereocenters. The van der Waals surface area contributed by atoms with Gasteiger partial charge >= 0.3 is 6.18 Å². The van der Waals surface area contributed by atoms with E-state index in [-0.39, 0.29) is 10.8 Å². The molecule has 0 N–H and O–H groups in total. The maximum atomic E-state index is 14.9. The molecule has 0 amide bonds. The Kier molecular flexibility index (Phi) is 7.60. The Morgan fingerprint density at radius 3 is 2.40 bits per heavy atom. The molecule has 0 heterocycles. The van der Waals surface area contributed by atoms with E-state index in [0.717, 1.165) is 25.2 Å². The molecule has 1 saturated carbocycles. The minimum atomic E-state index is -4.77. The van der Waals surface area contributed by atoms with Crippen LogP contribution in [0.15, 0.2) is 60.7 Å².